The van der Waals surface area contributed by atoms with E-state index >= 15 is 0 Å². The molecule has 5 rings (SSSR count). The lowest BCUT2D eigenvalue weighted by molar-refractivity contribution is -0.119. The fourth-order valence-corrected chi connectivity index (χ4v) is 7.64. The summed E-state index contributed by atoms with van der Waals surface area (Å²) >= 11 is 1.36. The molecule has 1 atom stereocenters. The van der Waals surface area contributed by atoms with Crippen LogP contribution in [0.5, 0.6) is 0 Å². The smallest absolute Gasteiger partial charge is 0.243 e. The summed E-state index contributed by atoms with van der Waals surface area (Å²) in [5.41, 5.74) is 1.71. The number of carbonyl (C=O) groups is 1. The van der Waals surface area contributed by atoms with Crippen LogP contribution in [0.15, 0.2) is 64.6 Å². The molecule has 1 aromatic heterocycles. The van der Waals surface area contributed by atoms with Gasteiger partial charge in [0.1, 0.15) is 0 Å². The van der Waals surface area contributed by atoms with Crippen molar-refractivity contribution in [1.82, 2.24) is 24.4 Å². The Balaban J connectivity index is 1.42. The molecule has 1 unspecified atom stereocenters. The number of hydrogen-bond acceptors (Lipinski definition) is 7. The van der Waals surface area contributed by atoms with E-state index in [1.165, 1.54) is 28.9 Å². The SMILES string of the molecule is CC(c1ccccc1)n1c(SCC(=O)NC2CCCCCC2)nnc1-c1cccc(S(=O)(=O)N2CCOCC2)c1. The lowest BCUT2D eigenvalue weighted by Gasteiger charge is -2.26. The molecule has 1 saturated heterocycles. The van der Waals surface area contributed by atoms with E-state index in [0.29, 0.717) is 42.8 Å². The number of thioether (sulfide) groups is 1. The van der Waals surface area contributed by atoms with Crippen molar-refractivity contribution in [2.24, 2.45) is 0 Å². The maximum absolute atomic E-state index is 13.4. The number of nitrogens with one attached hydrogen (secondary N) is 1. The first-order valence-electron chi connectivity index (χ1n) is 14.0. The molecule has 214 valence electrons. The van der Waals surface area contributed by atoms with E-state index in [0.717, 1.165) is 31.2 Å². The molecule has 0 spiro atoms. The van der Waals surface area contributed by atoms with Crippen molar-refractivity contribution in [2.45, 2.75) is 67.6 Å². The molecule has 1 amide bonds. The molecule has 1 aliphatic heterocycles. The number of nitrogens with zero attached hydrogens (tertiary/aromatic N) is 4. The van der Waals surface area contributed by atoms with Crippen molar-refractivity contribution < 1.29 is 17.9 Å². The molecular formula is C29H37N5O4S2. The monoisotopic (exact) mass is 583 g/mol. The van der Waals surface area contributed by atoms with Crippen LogP contribution in [-0.4, -0.2) is 71.5 Å². The number of sulfonamides is 1. The van der Waals surface area contributed by atoms with Crippen molar-refractivity contribution in [2.75, 3.05) is 32.1 Å². The highest BCUT2D eigenvalue weighted by Gasteiger charge is 2.28. The minimum atomic E-state index is -3.67. The maximum Gasteiger partial charge on any atom is 0.243 e. The van der Waals surface area contributed by atoms with Crippen molar-refractivity contribution in [3.8, 4) is 11.4 Å². The van der Waals surface area contributed by atoms with Gasteiger partial charge in [0, 0.05) is 24.7 Å². The van der Waals surface area contributed by atoms with Gasteiger partial charge in [-0.1, -0.05) is 79.9 Å². The Bertz CT molecular complexity index is 1380. The summed E-state index contributed by atoms with van der Waals surface area (Å²) in [6.07, 6.45) is 6.85. The second-order valence-corrected chi connectivity index (χ2v) is 13.2. The fourth-order valence-electron chi connectivity index (χ4n) is 5.36. The molecule has 0 bridgehead atoms. The number of amides is 1. The zero-order chi connectivity index (χ0) is 28.0. The van der Waals surface area contributed by atoms with Gasteiger partial charge >= 0.3 is 0 Å². The predicted octanol–water partition coefficient (Wildman–Crippen LogP) is 4.51. The van der Waals surface area contributed by atoms with Crippen LogP contribution in [0.4, 0.5) is 0 Å². The first-order chi connectivity index (χ1) is 19.4. The molecule has 40 heavy (non-hydrogen) atoms. The van der Waals surface area contributed by atoms with Crippen molar-refractivity contribution >= 4 is 27.7 Å². The highest BCUT2D eigenvalue weighted by molar-refractivity contribution is 7.99. The molecule has 1 saturated carbocycles. The number of rotatable bonds is 9. The van der Waals surface area contributed by atoms with E-state index in [9.17, 15) is 13.2 Å². The average molecular weight is 584 g/mol. The number of carbonyl (C=O) groups excluding carboxylic acids is 1. The Morgan fingerprint density at radius 3 is 2.48 bits per heavy atom. The highest BCUT2D eigenvalue weighted by Crippen LogP contribution is 2.32. The van der Waals surface area contributed by atoms with Crippen molar-refractivity contribution in [3.63, 3.8) is 0 Å². The van der Waals surface area contributed by atoms with E-state index in [1.54, 1.807) is 18.2 Å². The van der Waals surface area contributed by atoms with Gasteiger partial charge in [-0.3, -0.25) is 9.36 Å². The second-order valence-electron chi connectivity index (χ2n) is 10.4. The number of hydrogen-bond donors (Lipinski definition) is 1. The molecule has 9 nitrogen and oxygen atoms in total. The van der Waals surface area contributed by atoms with Crippen LogP contribution in [0, 0.1) is 0 Å². The Labute approximate surface area is 240 Å². The van der Waals surface area contributed by atoms with Gasteiger partial charge in [0.05, 0.1) is 29.9 Å². The molecule has 1 N–H and O–H groups in total. The Morgan fingerprint density at radius 2 is 1.75 bits per heavy atom. The van der Waals surface area contributed by atoms with Gasteiger partial charge in [0.15, 0.2) is 11.0 Å². The van der Waals surface area contributed by atoms with Gasteiger partial charge in [-0.05, 0) is 37.5 Å². The Morgan fingerprint density at radius 1 is 1.02 bits per heavy atom. The quantitative estimate of drug-likeness (QED) is 0.292. The van der Waals surface area contributed by atoms with Gasteiger partial charge in [-0.15, -0.1) is 10.2 Å². The fraction of sp³-hybridized carbons (Fsp3) is 0.483. The van der Waals surface area contributed by atoms with Gasteiger partial charge in [-0.25, -0.2) is 8.42 Å². The van der Waals surface area contributed by atoms with Gasteiger partial charge in [0.25, 0.3) is 0 Å². The minimum absolute atomic E-state index is 0.000957. The number of benzene rings is 2. The first kappa shape index (κ1) is 28.8. The minimum Gasteiger partial charge on any atom is -0.379 e. The van der Waals surface area contributed by atoms with Crippen LogP contribution in [-0.2, 0) is 19.6 Å². The Hall–Kier alpha value is -2.73. The molecule has 2 aliphatic rings. The van der Waals surface area contributed by atoms with Crippen LogP contribution >= 0.6 is 11.8 Å². The molecule has 3 aromatic rings. The number of morpholine rings is 1. The lowest BCUT2D eigenvalue weighted by Crippen LogP contribution is -2.40. The maximum atomic E-state index is 13.4. The van der Waals surface area contributed by atoms with Crippen LogP contribution < -0.4 is 5.32 Å². The van der Waals surface area contributed by atoms with E-state index in [1.807, 2.05) is 41.0 Å². The van der Waals surface area contributed by atoms with Crippen LogP contribution in [0.25, 0.3) is 11.4 Å². The molecule has 2 fully saturated rings. The summed E-state index contributed by atoms with van der Waals surface area (Å²) in [5.74, 6) is 0.794. The summed E-state index contributed by atoms with van der Waals surface area (Å²) in [7, 11) is -3.67. The van der Waals surface area contributed by atoms with E-state index in [4.69, 9.17) is 4.74 Å². The van der Waals surface area contributed by atoms with Crippen LogP contribution in [0.1, 0.15) is 57.1 Å². The molecular weight excluding hydrogens is 546 g/mol. The van der Waals surface area contributed by atoms with E-state index < -0.39 is 10.0 Å². The number of ether oxygens (including phenoxy) is 1. The summed E-state index contributed by atoms with van der Waals surface area (Å²) in [5, 5.41) is 12.8. The predicted molar refractivity (Wildman–Crippen MR) is 156 cm³/mol. The molecule has 2 heterocycles. The second kappa shape index (κ2) is 13.3. The largest absolute Gasteiger partial charge is 0.379 e. The topological polar surface area (TPSA) is 106 Å². The third kappa shape index (κ3) is 6.76. The number of aromatic nitrogens is 3. The zero-order valence-corrected chi connectivity index (χ0v) is 24.5. The zero-order valence-electron chi connectivity index (χ0n) is 22.9. The van der Waals surface area contributed by atoms with Crippen molar-refractivity contribution in [1.29, 1.82) is 0 Å². The summed E-state index contributed by atoms with van der Waals surface area (Å²) in [6.45, 7) is 3.49. The molecule has 0 radical (unpaired) electrons. The average Bonchev–Trinajstić information content (AvgIpc) is 3.25. The summed E-state index contributed by atoms with van der Waals surface area (Å²) < 4.78 is 35.5. The standard InChI is InChI=1S/C29H37N5O4S2/c1-22(23-10-5-4-6-11-23)34-28(24-12-9-15-26(20-24)40(36,37)33-16-18-38-19-17-33)31-32-29(34)39-21-27(35)30-25-13-7-2-3-8-14-25/h4-6,9-12,15,20,22,25H,2-3,7-8,13-14,16-19,21H2,1H3,(H,30,35). The van der Waals surface area contributed by atoms with Crippen LogP contribution in [0.3, 0.4) is 0 Å². The molecule has 1 aliphatic carbocycles. The highest BCUT2D eigenvalue weighted by atomic mass is 32.2. The molecule has 11 heteroatoms. The first-order valence-corrected chi connectivity index (χ1v) is 16.5. The van der Waals surface area contributed by atoms with E-state index in [2.05, 4.69) is 22.4 Å². The van der Waals surface area contributed by atoms with Gasteiger partial charge < -0.3 is 10.1 Å². The molecule has 2 aromatic carbocycles. The summed E-state index contributed by atoms with van der Waals surface area (Å²) in [4.78, 5) is 13.1. The van der Waals surface area contributed by atoms with Gasteiger partial charge in [0.2, 0.25) is 15.9 Å². The summed E-state index contributed by atoms with van der Waals surface area (Å²) in [6, 6.07) is 17.0. The third-order valence-electron chi connectivity index (χ3n) is 7.59. The van der Waals surface area contributed by atoms with E-state index in [-0.39, 0.29) is 28.6 Å². The Kier molecular flexibility index (Phi) is 9.56. The lowest BCUT2D eigenvalue weighted by atomic mass is 10.1. The normalized spacial score (nSPS) is 18.2. The van der Waals surface area contributed by atoms with Gasteiger partial charge in [-0.2, -0.15) is 4.31 Å². The van der Waals surface area contributed by atoms with Crippen molar-refractivity contribution in [3.05, 3.63) is 60.2 Å². The third-order valence-corrected chi connectivity index (χ3v) is 10.4. The van der Waals surface area contributed by atoms with Crippen LogP contribution in [0.2, 0.25) is 0 Å².